The molecule has 0 saturated carbocycles. The van der Waals surface area contributed by atoms with Gasteiger partial charge in [-0.1, -0.05) is 25.1 Å². The molecule has 0 aliphatic carbocycles. The van der Waals surface area contributed by atoms with Gasteiger partial charge >= 0.3 is 5.97 Å². The van der Waals surface area contributed by atoms with Gasteiger partial charge in [0.15, 0.2) is 0 Å². The number of carbonyl (C=O) groups is 1. The zero-order valence-electron chi connectivity index (χ0n) is 12.6. The van der Waals surface area contributed by atoms with E-state index in [1.807, 2.05) is 44.2 Å². The van der Waals surface area contributed by atoms with Gasteiger partial charge in [0.25, 0.3) is 0 Å². The molecule has 0 saturated heterocycles. The van der Waals surface area contributed by atoms with Gasteiger partial charge in [0.05, 0.1) is 12.2 Å². The summed E-state index contributed by atoms with van der Waals surface area (Å²) in [5.74, 6) is -0.0175. The van der Waals surface area contributed by atoms with E-state index >= 15 is 0 Å². The Labute approximate surface area is 125 Å². The molecule has 0 aliphatic rings. The van der Waals surface area contributed by atoms with Crippen molar-refractivity contribution in [2.75, 3.05) is 6.61 Å². The Hall–Kier alpha value is -2.29. The van der Waals surface area contributed by atoms with E-state index in [9.17, 15) is 4.79 Å². The van der Waals surface area contributed by atoms with Gasteiger partial charge in [0, 0.05) is 0 Å². The van der Waals surface area contributed by atoms with Gasteiger partial charge in [0.1, 0.15) is 5.75 Å². The Balaban J connectivity index is 2.34. The van der Waals surface area contributed by atoms with Crippen molar-refractivity contribution in [2.45, 2.75) is 27.2 Å². The molecular weight excluding hydrogens is 264 g/mol. The highest BCUT2D eigenvalue weighted by Gasteiger charge is 2.09. The van der Waals surface area contributed by atoms with E-state index in [0.717, 1.165) is 34.4 Å². The lowest BCUT2D eigenvalue weighted by molar-refractivity contribution is 0.0696. The van der Waals surface area contributed by atoms with Crippen molar-refractivity contribution in [1.29, 1.82) is 0 Å². The Morgan fingerprint density at radius 3 is 2.43 bits per heavy atom. The first-order valence-electron chi connectivity index (χ1n) is 7.10. The molecule has 1 N–H and O–H groups in total. The molecule has 0 atom stereocenters. The van der Waals surface area contributed by atoms with Crippen LogP contribution in [0, 0.1) is 13.8 Å². The molecule has 0 aliphatic heterocycles. The lowest BCUT2D eigenvalue weighted by Gasteiger charge is -2.11. The highest BCUT2D eigenvalue weighted by atomic mass is 16.5. The SMILES string of the molecule is CCCOc1ccc(-c2ccc(C(=O)O)c(C)c2)c(C)c1. The number of ether oxygens (including phenoxy) is 1. The van der Waals surface area contributed by atoms with Gasteiger partial charge in [0.2, 0.25) is 0 Å². The van der Waals surface area contributed by atoms with Gasteiger partial charge < -0.3 is 9.84 Å². The van der Waals surface area contributed by atoms with Gasteiger partial charge in [-0.25, -0.2) is 4.79 Å². The fraction of sp³-hybridized carbons (Fsp3) is 0.278. The second-order valence-electron chi connectivity index (χ2n) is 5.16. The van der Waals surface area contributed by atoms with Crippen molar-refractivity contribution in [2.24, 2.45) is 0 Å². The molecule has 0 unspecified atom stereocenters. The number of benzene rings is 2. The van der Waals surface area contributed by atoms with E-state index in [0.29, 0.717) is 12.2 Å². The third-order valence-electron chi connectivity index (χ3n) is 3.44. The molecule has 3 nitrogen and oxygen atoms in total. The minimum Gasteiger partial charge on any atom is -0.494 e. The first kappa shape index (κ1) is 15.1. The summed E-state index contributed by atoms with van der Waals surface area (Å²) in [6.45, 7) is 6.65. The van der Waals surface area contributed by atoms with Crippen molar-refractivity contribution in [3.8, 4) is 16.9 Å². The average molecular weight is 284 g/mol. The fourth-order valence-electron chi connectivity index (χ4n) is 2.34. The monoisotopic (exact) mass is 284 g/mol. The maximum atomic E-state index is 11.1. The Morgan fingerprint density at radius 1 is 1.10 bits per heavy atom. The molecule has 0 amide bonds. The van der Waals surface area contributed by atoms with Crippen LogP contribution in [0.1, 0.15) is 34.8 Å². The molecule has 0 spiro atoms. The van der Waals surface area contributed by atoms with E-state index in [2.05, 4.69) is 6.92 Å². The molecule has 2 aromatic carbocycles. The molecular formula is C18H20O3. The van der Waals surface area contributed by atoms with Crippen LogP contribution in [0.4, 0.5) is 0 Å². The first-order valence-corrected chi connectivity index (χ1v) is 7.10. The van der Waals surface area contributed by atoms with Gasteiger partial charge in [-0.15, -0.1) is 0 Å². The van der Waals surface area contributed by atoms with Crippen molar-refractivity contribution in [3.05, 3.63) is 53.1 Å². The number of aromatic carboxylic acids is 1. The molecule has 3 heteroatoms. The van der Waals surface area contributed by atoms with Crippen LogP contribution in [-0.2, 0) is 0 Å². The van der Waals surface area contributed by atoms with Gasteiger partial charge in [-0.2, -0.15) is 0 Å². The third kappa shape index (κ3) is 3.43. The smallest absolute Gasteiger partial charge is 0.335 e. The number of hydrogen-bond acceptors (Lipinski definition) is 2. The predicted octanol–water partition coefficient (Wildman–Crippen LogP) is 4.46. The van der Waals surface area contributed by atoms with Crippen LogP contribution in [0.5, 0.6) is 5.75 Å². The summed E-state index contributed by atoms with van der Waals surface area (Å²) >= 11 is 0. The highest BCUT2D eigenvalue weighted by Crippen LogP contribution is 2.28. The fourth-order valence-corrected chi connectivity index (χ4v) is 2.34. The standard InChI is InChI=1S/C18H20O3/c1-4-9-21-15-6-8-16(13(3)11-15)14-5-7-17(18(19)20)12(2)10-14/h5-8,10-11H,4,9H2,1-3H3,(H,19,20). The topological polar surface area (TPSA) is 46.5 Å². The molecule has 2 aromatic rings. The van der Waals surface area contributed by atoms with Gasteiger partial charge in [-0.3, -0.25) is 0 Å². The van der Waals surface area contributed by atoms with E-state index in [1.54, 1.807) is 6.07 Å². The number of carboxylic acid groups (broad SMARTS) is 1. The van der Waals surface area contributed by atoms with Crippen molar-refractivity contribution in [1.82, 2.24) is 0 Å². The first-order chi connectivity index (χ1) is 10.0. The Bertz CT molecular complexity index is 660. The molecule has 0 radical (unpaired) electrons. The number of carboxylic acids is 1. The summed E-state index contributed by atoms with van der Waals surface area (Å²) in [4.78, 5) is 11.1. The Morgan fingerprint density at radius 2 is 1.86 bits per heavy atom. The molecule has 21 heavy (non-hydrogen) atoms. The van der Waals surface area contributed by atoms with Crippen LogP contribution in [-0.4, -0.2) is 17.7 Å². The zero-order chi connectivity index (χ0) is 15.4. The highest BCUT2D eigenvalue weighted by molar-refractivity contribution is 5.90. The summed E-state index contributed by atoms with van der Waals surface area (Å²) in [5, 5.41) is 9.08. The van der Waals surface area contributed by atoms with E-state index in [4.69, 9.17) is 9.84 Å². The minimum absolute atomic E-state index is 0.347. The van der Waals surface area contributed by atoms with Crippen LogP contribution in [0.15, 0.2) is 36.4 Å². The summed E-state index contributed by atoms with van der Waals surface area (Å²) in [6, 6.07) is 11.4. The number of aryl methyl sites for hydroxylation is 2. The van der Waals surface area contributed by atoms with Crippen molar-refractivity contribution < 1.29 is 14.6 Å². The molecule has 0 heterocycles. The van der Waals surface area contributed by atoms with Crippen LogP contribution < -0.4 is 4.74 Å². The normalized spacial score (nSPS) is 10.4. The van der Waals surface area contributed by atoms with Crippen molar-refractivity contribution >= 4 is 5.97 Å². The van der Waals surface area contributed by atoms with E-state index in [-0.39, 0.29) is 0 Å². The number of rotatable bonds is 5. The van der Waals surface area contributed by atoms with Crippen molar-refractivity contribution in [3.63, 3.8) is 0 Å². The zero-order valence-corrected chi connectivity index (χ0v) is 12.6. The van der Waals surface area contributed by atoms with Gasteiger partial charge in [-0.05, 0) is 60.7 Å². The average Bonchev–Trinajstić information content (AvgIpc) is 2.44. The summed E-state index contributed by atoms with van der Waals surface area (Å²) in [7, 11) is 0. The van der Waals surface area contributed by atoms with Crippen LogP contribution >= 0.6 is 0 Å². The molecule has 0 aromatic heterocycles. The maximum Gasteiger partial charge on any atom is 0.335 e. The third-order valence-corrected chi connectivity index (χ3v) is 3.44. The summed E-state index contributed by atoms with van der Waals surface area (Å²) in [5.41, 5.74) is 4.35. The molecule has 0 fully saturated rings. The molecule has 110 valence electrons. The summed E-state index contributed by atoms with van der Waals surface area (Å²) < 4.78 is 5.62. The van der Waals surface area contributed by atoms with Crippen LogP contribution in [0.3, 0.4) is 0 Å². The lowest BCUT2D eigenvalue weighted by atomic mass is 9.96. The second kappa shape index (κ2) is 6.44. The Kier molecular flexibility index (Phi) is 4.63. The maximum absolute atomic E-state index is 11.1. The lowest BCUT2D eigenvalue weighted by Crippen LogP contribution is -1.99. The molecule has 0 bridgehead atoms. The minimum atomic E-state index is -0.890. The van der Waals surface area contributed by atoms with Crippen LogP contribution in [0.25, 0.3) is 11.1 Å². The predicted molar refractivity (Wildman–Crippen MR) is 84.1 cm³/mol. The number of hydrogen-bond donors (Lipinski definition) is 1. The second-order valence-corrected chi connectivity index (χ2v) is 5.16. The largest absolute Gasteiger partial charge is 0.494 e. The quantitative estimate of drug-likeness (QED) is 0.881. The van der Waals surface area contributed by atoms with E-state index < -0.39 is 5.97 Å². The van der Waals surface area contributed by atoms with E-state index in [1.165, 1.54) is 0 Å². The molecule has 2 rings (SSSR count). The summed E-state index contributed by atoms with van der Waals surface area (Å²) in [6.07, 6.45) is 0.983. The van der Waals surface area contributed by atoms with Crippen LogP contribution in [0.2, 0.25) is 0 Å².